The van der Waals surface area contributed by atoms with Crippen molar-refractivity contribution < 1.29 is 24.9 Å². The molecule has 1 aliphatic heterocycles. The van der Waals surface area contributed by atoms with Gasteiger partial charge in [0.05, 0.1) is 6.10 Å². The van der Waals surface area contributed by atoms with Crippen LogP contribution in [0.5, 0.6) is 11.5 Å². The number of aliphatic hydroxyl groups is 1. The van der Waals surface area contributed by atoms with E-state index in [1.165, 1.54) is 6.07 Å². The number of phenols is 2. The van der Waals surface area contributed by atoms with E-state index in [0.717, 1.165) is 32.1 Å². The Morgan fingerprint density at radius 2 is 2.00 bits per heavy atom. The number of unbranched alkanes of at least 4 members (excludes halogenated alkanes) is 2. The van der Waals surface area contributed by atoms with Crippen LogP contribution in [0.4, 0.5) is 0 Å². The zero-order valence-corrected chi connectivity index (χ0v) is 13.1. The third-order valence-corrected chi connectivity index (χ3v) is 4.23. The predicted molar refractivity (Wildman–Crippen MR) is 82.2 cm³/mol. The molecule has 1 heterocycles. The van der Waals surface area contributed by atoms with Crippen molar-refractivity contribution in [2.75, 3.05) is 0 Å². The molecule has 1 aromatic carbocycles. The number of rotatable bonds is 6. The number of ether oxygens (including phenoxy) is 1. The standard InChI is InChI=1S/C17H24O5/c1-10(18)6-4-3-5-7-12-8-13-11(2)14(19)9-15(20)16(13)17(21)22-12/h9-10,12,18-20H,3-8H2,1-2H3/t10?,12-/m1/s1. The fraction of sp³-hybridized carbons (Fsp3) is 0.588. The highest BCUT2D eigenvalue weighted by atomic mass is 16.5. The summed E-state index contributed by atoms with van der Waals surface area (Å²) in [6, 6.07) is 1.19. The molecular formula is C17H24O5. The first-order valence-corrected chi connectivity index (χ1v) is 7.83. The number of benzene rings is 1. The third kappa shape index (κ3) is 3.71. The molecule has 3 N–H and O–H groups in total. The van der Waals surface area contributed by atoms with Crippen LogP contribution in [0.3, 0.4) is 0 Å². The van der Waals surface area contributed by atoms with Crippen molar-refractivity contribution in [1.82, 2.24) is 0 Å². The summed E-state index contributed by atoms with van der Waals surface area (Å²) in [5.74, 6) is -0.740. The van der Waals surface area contributed by atoms with E-state index in [2.05, 4.69) is 0 Å². The maximum Gasteiger partial charge on any atom is 0.342 e. The van der Waals surface area contributed by atoms with Gasteiger partial charge in [-0.1, -0.05) is 12.8 Å². The van der Waals surface area contributed by atoms with Gasteiger partial charge in [0.1, 0.15) is 23.2 Å². The lowest BCUT2D eigenvalue weighted by Gasteiger charge is -2.26. The smallest absolute Gasteiger partial charge is 0.342 e. The molecule has 0 amide bonds. The largest absolute Gasteiger partial charge is 0.508 e. The Kier molecular flexibility index (Phi) is 5.29. The molecule has 5 heteroatoms. The lowest BCUT2D eigenvalue weighted by Crippen LogP contribution is -2.28. The average Bonchev–Trinajstić information content (AvgIpc) is 2.43. The van der Waals surface area contributed by atoms with Gasteiger partial charge in [-0.25, -0.2) is 4.79 Å². The highest BCUT2D eigenvalue weighted by Gasteiger charge is 2.31. The number of carbonyl (C=O) groups excluding carboxylic acids is 1. The van der Waals surface area contributed by atoms with Gasteiger partial charge in [0.25, 0.3) is 0 Å². The second-order valence-corrected chi connectivity index (χ2v) is 6.11. The Balaban J connectivity index is 1.98. The van der Waals surface area contributed by atoms with Crippen LogP contribution in [0.1, 0.15) is 60.5 Å². The summed E-state index contributed by atoms with van der Waals surface area (Å²) < 4.78 is 5.39. The Hall–Kier alpha value is -1.75. The lowest BCUT2D eigenvalue weighted by molar-refractivity contribution is 0.0226. The summed E-state index contributed by atoms with van der Waals surface area (Å²) in [5, 5.41) is 28.8. The maximum atomic E-state index is 12.1. The number of hydrogen-bond donors (Lipinski definition) is 3. The van der Waals surface area contributed by atoms with E-state index in [4.69, 9.17) is 4.74 Å². The number of hydrogen-bond acceptors (Lipinski definition) is 5. The Morgan fingerprint density at radius 3 is 2.68 bits per heavy atom. The number of carbonyl (C=O) groups is 1. The highest BCUT2D eigenvalue weighted by molar-refractivity contribution is 5.96. The number of fused-ring (bicyclic) bond motifs is 1. The molecule has 0 bridgehead atoms. The molecule has 0 spiro atoms. The summed E-state index contributed by atoms with van der Waals surface area (Å²) >= 11 is 0. The van der Waals surface area contributed by atoms with E-state index < -0.39 is 5.97 Å². The Bertz CT molecular complexity index is 550. The molecule has 122 valence electrons. The first-order valence-electron chi connectivity index (χ1n) is 7.83. The maximum absolute atomic E-state index is 12.1. The molecule has 1 aromatic rings. The van der Waals surface area contributed by atoms with Crippen LogP contribution >= 0.6 is 0 Å². The minimum absolute atomic E-state index is 0.00151. The van der Waals surface area contributed by atoms with Crippen molar-refractivity contribution in [3.8, 4) is 11.5 Å². The van der Waals surface area contributed by atoms with Crippen LogP contribution < -0.4 is 0 Å². The van der Waals surface area contributed by atoms with Crippen LogP contribution in [0.15, 0.2) is 6.07 Å². The van der Waals surface area contributed by atoms with Crippen molar-refractivity contribution in [2.24, 2.45) is 0 Å². The molecule has 1 aliphatic rings. The zero-order chi connectivity index (χ0) is 16.3. The van der Waals surface area contributed by atoms with Gasteiger partial charge in [-0.05, 0) is 44.2 Å². The van der Waals surface area contributed by atoms with Crippen LogP contribution in [0.25, 0.3) is 0 Å². The molecule has 0 saturated carbocycles. The minimum Gasteiger partial charge on any atom is -0.508 e. The van der Waals surface area contributed by atoms with Crippen LogP contribution in [0, 0.1) is 6.92 Å². The molecule has 0 saturated heterocycles. The Labute approximate surface area is 130 Å². The molecule has 2 rings (SSSR count). The minimum atomic E-state index is -0.518. The van der Waals surface area contributed by atoms with Gasteiger partial charge in [0.2, 0.25) is 0 Å². The molecule has 0 aliphatic carbocycles. The predicted octanol–water partition coefficient (Wildman–Crippen LogP) is 2.82. The van der Waals surface area contributed by atoms with Gasteiger partial charge < -0.3 is 20.1 Å². The summed E-state index contributed by atoms with van der Waals surface area (Å²) in [7, 11) is 0. The van der Waals surface area contributed by atoms with Crippen LogP contribution in [0.2, 0.25) is 0 Å². The zero-order valence-electron chi connectivity index (χ0n) is 13.1. The molecule has 0 fully saturated rings. The fourth-order valence-corrected chi connectivity index (χ4v) is 2.92. The van der Waals surface area contributed by atoms with Crippen molar-refractivity contribution >= 4 is 5.97 Å². The van der Waals surface area contributed by atoms with Gasteiger partial charge in [0.15, 0.2) is 0 Å². The van der Waals surface area contributed by atoms with Gasteiger partial charge in [-0.2, -0.15) is 0 Å². The quantitative estimate of drug-likeness (QED) is 0.555. The summed E-state index contributed by atoms with van der Waals surface area (Å²) in [5.41, 5.74) is 1.49. The number of aliphatic hydroxyl groups excluding tert-OH is 1. The molecule has 0 radical (unpaired) electrons. The Morgan fingerprint density at radius 1 is 1.27 bits per heavy atom. The van der Waals surface area contributed by atoms with E-state index in [1.54, 1.807) is 13.8 Å². The first kappa shape index (κ1) is 16.6. The molecule has 2 atom stereocenters. The van der Waals surface area contributed by atoms with E-state index in [1.807, 2.05) is 0 Å². The third-order valence-electron chi connectivity index (χ3n) is 4.23. The van der Waals surface area contributed by atoms with E-state index >= 15 is 0 Å². The van der Waals surface area contributed by atoms with Gasteiger partial charge >= 0.3 is 5.97 Å². The molecule has 0 aromatic heterocycles. The fourth-order valence-electron chi connectivity index (χ4n) is 2.92. The molecule has 5 nitrogen and oxygen atoms in total. The van der Waals surface area contributed by atoms with Gasteiger partial charge in [0, 0.05) is 12.5 Å². The van der Waals surface area contributed by atoms with Crippen molar-refractivity contribution in [3.05, 3.63) is 22.8 Å². The number of aromatic hydroxyl groups is 2. The highest BCUT2D eigenvalue weighted by Crippen LogP contribution is 2.36. The van der Waals surface area contributed by atoms with Gasteiger partial charge in [-0.15, -0.1) is 0 Å². The number of phenolic OH excluding ortho intramolecular Hbond substituents is 2. The van der Waals surface area contributed by atoms with E-state index in [-0.39, 0.29) is 29.3 Å². The second-order valence-electron chi connectivity index (χ2n) is 6.11. The summed E-state index contributed by atoms with van der Waals surface area (Å²) in [4.78, 5) is 12.1. The normalized spacial score (nSPS) is 18.7. The summed E-state index contributed by atoms with van der Waals surface area (Å²) in [6.07, 6.45) is 4.43. The van der Waals surface area contributed by atoms with Crippen LogP contribution in [-0.2, 0) is 11.2 Å². The number of cyclic esters (lactones) is 1. The monoisotopic (exact) mass is 308 g/mol. The van der Waals surface area contributed by atoms with E-state index in [9.17, 15) is 20.1 Å². The average molecular weight is 308 g/mol. The number of esters is 1. The van der Waals surface area contributed by atoms with Crippen molar-refractivity contribution in [3.63, 3.8) is 0 Å². The van der Waals surface area contributed by atoms with E-state index in [0.29, 0.717) is 17.5 Å². The second kappa shape index (κ2) is 7.01. The van der Waals surface area contributed by atoms with Crippen LogP contribution in [-0.4, -0.2) is 33.5 Å². The molecule has 22 heavy (non-hydrogen) atoms. The van der Waals surface area contributed by atoms with Crippen molar-refractivity contribution in [2.45, 2.75) is 64.6 Å². The molecular weight excluding hydrogens is 284 g/mol. The van der Waals surface area contributed by atoms with Crippen molar-refractivity contribution in [1.29, 1.82) is 0 Å². The SMILES string of the molecule is Cc1c(O)cc(O)c2c1C[C@@H](CCCCCC(C)O)OC2=O. The lowest BCUT2D eigenvalue weighted by atomic mass is 9.91. The summed E-state index contributed by atoms with van der Waals surface area (Å²) in [6.45, 7) is 3.52. The topological polar surface area (TPSA) is 87.0 Å². The van der Waals surface area contributed by atoms with Gasteiger partial charge in [-0.3, -0.25) is 0 Å². The first-order chi connectivity index (χ1) is 10.4. The molecule has 1 unspecified atom stereocenters.